The zero-order chi connectivity index (χ0) is 27.2. The predicted molar refractivity (Wildman–Crippen MR) is 142 cm³/mol. The minimum Gasteiger partial charge on any atom is -0.454 e. The molecule has 2 aliphatic heterocycles. The highest BCUT2D eigenvalue weighted by Crippen LogP contribution is 2.32. The zero-order valence-corrected chi connectivity index (χ0v) is 22.3. The fraction of sp³-hybridized carbons (Fsp3) is 0.423. The molecule has 0 saturated carbocycles. The summed E-state index contributed by atoms with van der Waals surface area (Å²) in [5.41, 5.74) is 0.886. The smallest absolute Gasteiger partial charge is 0.410 e. The van der Waals surface area contributed by atoms with Gasteiger partial charge in [0.05, 0.1) is 12.6 Å². The first-order valence-electron chi connectivity index (χ1n) is 12.9. The van der Waals surface area contributed by atoms with Crippen molar-refractivity contribution in [3.8, 4) is 17.4 Å². The number of aromatic nitrogens is 4. The van der Waals surface area contributed by atoms with Gasteiger partial charge in [-0.25, -0.2) is 14.8 Å². The van der Waals surface area contributed by atoms with E-state index in [4.69, 9.17) is 25.8 Å². The van der Waals surface area contributed by atoms with Crippen molar-refractivity contribution in [1.29, 1.82) is 0 Å². The number of hydrogen-bond donors (Lipinski definition) is 1. The SMILES string of the molecule is CCCCOC(=O)N1CCN(c2cc(Cl)nc(-n3ccnc3)n2)CC1CC(=O)NCc1ccc2c(c1)OCO2. The Morgan fingerprint density at radius 3 is 2.87 bits per heavy atom. The molecule has 0 spiro atoms. The number of carbonyl (C=O) groups excluding carboxylic acids is 2. The highest BCUT2D eigenvalue weighted by atomic mass is 35.5. The first-order valence-corrected chi connectivity index (χ1v) is 13.2. The van der Waals surface area contributed by atoms with Crippen LogP contribution in [0.1, 0.15) is 31.7 Å². The lowest BCUT2D eigenvalue weighted by atomic mass is 10.1. The minimum absolute atomic E-state index is 0.0944. The summed E-state index contributed by atoms with van der Waals surface area (Å²) in [6.45, 7) is 4.12. The Bertz CT molecular complexity index is 1310. The molecule has 12 nitrogen and oxygen atoms in total. The van der Waals surface area contributed by atoms with Crippen molar-refractivity contribution < 1.29 is 23.8 Å². The van der Waals surface area contributed by atoms with Gasteiger partial charge in [-0.15, -0.1) is 0 Å². The van der Waals surface area contributed by atoms with E-state index < -0.39 is 12.1 Å². The summed E-state index contributed by atoms with van der Waals surface area (Å²) < 4.78 is 17.9. The monoisotopic (exact) mass is 555 g/mol. The van der Waals surface area contributed by atoms with E-state index in [9.17, 15) is 9.59 Å². The fourth-order valence-electron chi connectivity index (χ4n) is 4.45. The number of imidazole rings is 1. The molecule has 2 amide bonds. The van der Waals surface area contributed by atoms with Gasteiger partial charge in [0.25, 0.3) is 0 Å². The van der Waals surface area contributed by atoms with Gasteiger partial charge >= 0.3 is 6.09 Å². The van der Waals surface area contributed by atoms with Crippen molar-refractivity contribution in [2.45, 2.75) is 38.8 Å². The van der Waals surface area contributed by atoms with E-state index in [-0.39, 0.29) is 24.3 Å². The van der Waals surface area contributed by atoms with E-state index in [2.05, 4.69) is 20.3 Å². The first kappa shape index (κ1) is 26.5. The van der Waals surface area contributed by atoms with Gasteiger partial charge in [0.15, 0.2) is 11.5 Å². The molecule has 5 rings (SSSR count). The van der Waals surface area contributed by atoms with E-state index >= 15 is 0 Å². The number of unbranched alkanes of at least 4 members (excludes halogenated alkanes) is 1. The van der Waals surface area contributed by atoms with Gasteiger partial charge in [0, 0.05) is 51.1 Å². The Labute approximate surface area is 230 Å². The molecule has 39 heavy (non-hydrogen) atoms. The maximum absolute atomic E-state index is 13.0. The number of hydrogen-bond acceptors (Lipinski definition) is 9. The number of fused-ring (bicyclic) bond motifs is 1. The lowest BCUT2D eigenvalue weighted by Gasteiger charge is -2.41. The van der Waals surface area contributed by atoms with E-state index in [1.165, 1.54) is 0 Å². The van der Waals surface area contributed by atoms with Gasteiger partial charge in [-0.2, -0.15) is 4.98 Å². The minimum atomic E-state index is -0.435. The molecule has 0 radical (unpaired) electrons. The summed E-state index contributed by atoms with van der Waals surface area (Å²) in [6, 6.07) is 6.79. The molecule has 1 unspecified atom stereocenters. The van der Waals surface area contributed by atoms with Gasteiger partial charge in [0.2, 0.25) is 18.6 Å². The van der Waals surface area contributed by atoms with Crippen molar-refractivity contribution in [2.24, 2.45) is 0 Å². The number of amides is 2. The summed E-state index contributed by atoms with van der Waals surface area (Å²) in [7, 11) is 0. The molecule has 4 heterocycles. The van der Waals surface area contributed by atoms with Crippen molar-refractivity contribution in [3.05, 3.63) is 53.7 Å². The zero-order valence-electron chi connectivity index (χ0n) is 21.6. The second-order valence-electron chi connectivity index (χ2n) is 9.25. The molecule has 1 saturated heterocycles. The Morgan fingerprint density at radius 2 is 2.05 bits per heavy atom. The highest BCUT2D eigenvalue weighted by Gasteiger charge is 2.34. The van der Waals surface area contributed by atoms with Gasteiger partial charge in [-0.3, -0.25) is 9.36 Å². The quantitative estimate of drug-likeness (QED) is 0.313. The number of carbonyl (C=O) groups is 2. The Kier molecular flexibility index (Phi) is 8.30. The molecular formula is C26H30ClN7O5. The average Bonchev–Trinajstić information content (AvgIpc) is 3.64. The standard InChI is InChI=1S/C26H30ClN7O5/c1-2-3-10-37-26(36)34-9-8-32(23-13-22(27)30-25(31-23)33-7-6-28-16-33)15-19(34)12-24(35)29-14-18-4-5-20-21(11-18)39-17-38-20/h4-7,11,13,16,19H,2-3,8-10,12,14-15,17H2,1H3,(H,29,35). The van der Waals surface area contributed by atoms with Crippen LogP contribution in [0.3, 0.4) is 0 Å². The summed E-state index contributed by atoms with van der Waals surface area (Å²) in [4.78, 5) is 42.6. The number of halogens is 1. The molecule has 1 N–H and O–H groups in total. The third-order valence-electron chi connectivity index (χ3n) is 6.52. The average molecular weight is 556 g/mol. The second-order valence-corrected chi connectivity index (χ2v) is 9.64. The number of piperazine rings is 1. The lowest BCUT2D eigenvalue weighted by molar-refractivity contribution is -0.122. The van der Waals surface area contributed by atoms with Crippen molar-refractivity contribution in [2.75, 3.05) is 37.9 Å². The van der Waals surface area contributed by atoms with Crippen LogP contribution >= 0.6 is 11.6 Å². The van der Waals surface area contributed by atoms with Gasteiger partial charge in [0.1, 0.15) is 17.3 Å². The topological polar surface area (TPSA) is 124 Å². The van der Waals surface area contributed by atoms with E-state index in [0.717, 1.165) is 18.4 Å². The summed E-state index contributed by atoms with van der Waals surface area (Å²) in [6.07, 6.45) is 6.32. The number of ether oxygens (including phenoxy) is 3. The lowest BCUT2D eigenvalue weighted by Crippen LogP contribution is -2.56. The van der Waals surface area contributed by atoms with E-state index in [0.29, 0.717) is 56.1 Å². The largest absolute Gasteiger partial charge is 0.454 e. The molecule has 0 bridgehead atoms. The van der Waals surface area contributed by atoms with Crippen molar-refractivity contribution in [1.82, 2.24) is 29.7 Å². The molecule has 2 aliphatic rings. The van der Waals surface area contributed by atoms with Crippen LogP contribution in [0, 0.1) is 0 Å². The van der Waals surface area contributed by atoms with Crippen LogP contribution < -0.4 is 19.7 Å². The summed E-state index contributed by atoms with van der Waals surface area (Å²) >= 11 is 6.31. The van der Waals surface area contributed by atoms with E-state index in [1.54, 1.807) is 34.3 Å². The van der Waals surface area contributed by atoms with Crippen LogP contribution in [0.15, 0.2) is 43.0 Å². The summed E-state index contributed by atoms with van der Waals surface area (Å²) in [5.74, 6) is 2.14. The maximum Gasteiger partial charge on any atom is 0.410 e. The molecule has 1 fully saturated rings. The van der Waals surface area contributed by atoms with Crippen LogP contribution in [-0.2, 0) is 16.1 Å². The van der Waals surface area contributed by atoms with Gasteiger partial charge in [-0.1, -0.05) is 31.0 Å². The number of rotatable bonds is 9. The fourth-order valence-corrected chi connectivity index (χ4v) is 4.63. The third-order valence-corrected chi connectivity index (χ3v) is 6.71. The van der Waals surface area contributed by atoms with Crippen LogP contribution in [0.25, 0.3) is 5.95 Å². The second kappa shape index (κ2) is 12.2. The van der Waals surface area contributed by atoms with Crippen molar-refractivity contribution >= 4 is 29.4 Å². The third kappa shape index (κ3) is 6.51. The Hall–Kier alpha value is -4.06. The molecule has 1 atom stereocenters. The number of anilines is 1. The van der Waals surface area contributed by atoms with Crippen LogP contribution in [0.2, 0.25) is 5.15 Å². The van der Waals surface area contributed by atoms with E-state index in [1.807, 2.05) is 30.0 Å². The normalized spacial score (nSPS) is 16.3. The predicted octanol–water partition coefficient (Wildman–Crippen LogP) is 3.18. The van der Waals surface area contributed by atoms with Crippen LogP contribution in [0.4, 0.5) is 10.6 Å². The first-order chi connectivity index (χ1) is 19.0. The van der Waals surface area contributed by atoms with Gasteiger partial charge < -0.3 is 29.3 Å². The Morgan fingerprint density at radius 1 is 1.18 bits per heavy atom. The van der Waals surface area contributed by atoms with Crippen molar-refractivity contribution in [3.63, 3.8) is 0 Å². The van der Waals surface area contributed by atoms with Crippen LogP contribution in [0.5, 0.6) is 11.5 Å². The van der Waals surface area contributed by atoms with Crippen LogP contribution in [-0.4, -0.2) is 75.5 Å². The molecule has 2 aromatic heterocycles. The molecule has 3 aromatic rings. The molecular weight excluding hydrogens is 526 g/mol. The Balaban J connectivity index is 1.28. The molecule has 13 heteroatoms. The summed E-state index contributed by atoms with van der Waals surface area (Å²) in [5, 5.41) is 3.23. The molecule has 0 aliphatic carbocycles. The number of benzene rings is 1. The number of nitrogens with zero attached hydrogens (tertiary/aromatic N) is 6. The number of nitrogens with one attached hydrogen (secondary N) is 1. The molecule has 1 aromatic carbocycles. The maximum atomic E-state index is 13.0. The van der Waals surface area contributed by atoms with Gasteiger partial charge in [-0.05, 0) is 24.1 Å². The highest BCUT2D eigenvalue weighted by molar-refractivity contribution is 6.29. The molecule has 206 valence electrons.